The zero-order valence-corrected chi connectivity index (χ0v) is 11.2. The van der Waals surface area contributed by atoms with E-state index in [0.717, 1.165) is 18.5 Å². The van der Waals surface area contributed by atoms with Crippen molar-refractivity contribution in [3.05, 3.63) is 28.8 Å². The van der Waals surface area contributed by atoms with Crippen molar-refractivity contribution in [2.45, 2.75) is 45.6 Å². The maximum absolute atomic E-state index is 8.91. The molecule has 17 heavy (non-hydrogen) atoms. The predicted molar refractivity (Wildman–Crippen MR) is 73.4 cm³/mol. The molecule has 2 nitrogen and oxygen atoms in total. The highest BCUT2D eigenvalue weighted by Gasteiger charge is 2.07. The predicted octanol–water partition coefficient (Wildman–Crippen LogP) is 4.59. The summed E-state index contributed by atoms with van der Waals surface area (Å²) in [6, 6.07) is 8.09. The van der Waals surface area contributed by atoms with E-state index in [1.165, 1.54) is 12.8 Å². The van der Waals surface area contributed by atoms with Crippen LogP contribution in [0.25, 0.3) is 0 Å². The molecule has 1 aromatic carbocycles. The summed E-state index contributed by atoms with van der Waals surface area (Å²) in [6.07, 6.45) is 4.69. The molecule has 0 saturated carbocycles. The summed E-state index contributed by atoms with van der Waals surface area (Å²) in [5.41, 5.74) is 1.51. The van der Waals surface area contributed by atoms with Gasteiger partial charge in [0.05, 0.1) is 10.6 Å². The standard InChI is InChI=1S/C14H19ClN2/c1-3-5-6-12(4-2)17-13-7-8-14(15)11(9-13)10-16/h7-9,12,17H,3-6H2,1-2H3. The lowest BCUT2D eigenvalue weighted by atomic mass is 10.1. The monoisotopic (exact) mass is 250 g/mol. The van der Waals surface area contributed by atoms with E-state index in [2.05, 4.69) is 25.2 Å². The Labute approximate surface area is 109 Å². The minimum atomic E-state index is 0.475. The van der Waals surface area contributed by atoms with Crippen LogP contribution in [0, 0.1) is 11.3 Å². The van der Waals surface area contributed by atoms with Crippen molar-refractivity contribution < 1.29 is 0 Å². The van der Waals surface area contributed by atoms with Crippen LogP contribution in [0.5, 0.6) is 0 Å². The fourth-order valence-electron chi connectivity index (χ4n) is 1.77. The molecule has 0 radical (unpaired) electrons. The molecule has 0 spiro atoms. The van der Waals surface area contributed by atoms with Crippen LogP contribution < -0.4 is 5.32 Å². The number of benzene rings is 1. The molecule has 0 amide bonds. The van der Waals surface area contributed by atoms with Gasteiger partial charge in [0.15, 0.2) is 0 Å². The Morgan fingerprint density at radius 2 is 2.18 bits per heavy atom. The Hall–Kier alpha value is -1.20. The van der Waals surface area contributed by atoms with E-state index in [9.17, 15) is 0 Å². The second kappa shape index (κ2) is 7.19. The average molecular weight is 251 g/mol. The molecule has 0 bridgehead atoms. The third-order valence-electron chi connectivity index (χ3n) is 2.86. The molecule has 0 aliphatic heterocycles. The molecule has 1 unspecified atom stereocenters. The molecular formula is C14H19ClN2. The van der Waals surface area contributed by atoms with Crippen LogP contribution in [0.15, 0.2) is 18.2 Å². The van der Waals surface area contributed by atoms with Crippen molar-refractivity contribution in [3.8, 4) is 6.07 Å². The third-order valence-corrected chi connectivity index (χ3v) is 3.19. The van der Waals surface area contributed by atoms with E-state index >= 15 is 0 Å². The van der Waals surface area contributed by atoms with Crippen molar-refractivity contribution in [3.63, 3.8) is 0 Å². The van der Waals surface area contributed by atoms with Gasteiger partial charge in [-0.2, -0.15) is 5.26 Å². The maximum Gasteiger partial charge on any atom is 0.101 e. The van der Waals surface area contributed by atoms with Crippen LogP contribution in [0.2, 0.25) is 5.02 Å². The normalized spacial score (nSPS) is 11.9. The summed E-state index contributed by atoms with van der Waals surface area (Å²) < 4.78 is 0. The SMILES string of the molecule is CCCCC(CC)Nc1ccc(Cl)c(C#N)c1. The Morgan fingerprint density at radius 1 is 1.41 bits per heavy atom. The minimum Gasteiger partial charge on any atom is -0.382 e. The van der Waals surface area contributed by atoms with Crippen LogP contribution in [-0.4, -0.2) is 6.04 Å². The van der Waals surface area contributed by atoms with Crippen LogP contribution in [-0.2, 0) is 0 Å². The Morgan fingerprint density at radius 3 is 2.76 bits per heavy atom. The number of hydrogen-bond acceptors (Lipinski definition) is 2. The summed E-state index contributed by atoms with van der Waals surface area (Å²) in [7, 11) is 0. The van der Waals surface area contributed by atoms with Crippen molar-refractivity contribution >= 4 is 17.3 Å². The topological polar surface area (TPSA) is 35.8 Å². The number of halogens is 1. The van der Waals surface area contributed by atoms with Crippen LogP contribution >= 0.6 is 11.6 Å². The van der Waals surface area contributed by atoms with E-state index in [1.54, 1.807) is 6.07 Å². The molecule has 0 aromatic heterocycles. The number of hydrogen-bond donors (Lipinski definition) is 1. The van der Waals surface area contributed by atoms with Crippen LogP contribution in [0.4, 0.5) is 5.69 Å². The number of anilines is 1. The number of nitriles is 1. The van der Waals surface area contributed by atoms with E-state index in [1.807, 2.05) is 12.1 Å². The molecule has 0 heterocycles. The molecule has 1 N–H and O–H groups in total. The summed E-state index contributed by atoms with van der Waals surface area (Å²) in [5.74, 6) is 0. The molecule has 1 aromatic rings. The fraction of sp³-hybridized carbons (Fsp3) is 0.500. The Bertz CT molecular complexity index is 396. The third kappa shape index (κ3) is 4.28. The summed E-state index contributed by atoms with van der Waals surface area (Å²) in [5, 5.41) is 12.9. The lowest BCUT2D eigenvalue weighted by Gasteiger charge is -2.18. The number of nitrogens with zero attached hydrogens (tertiary/aromatic N) is 1. The molecule has 0 aliphatic rings. The average Bonchev–Trinajstić information content (AvgIpc) is 2.36. The molecule has 92 valence electrons. The highest BCUT2D eigenvalue weighted by molar-refractivity contribution is 6.31. The molecule has 0 aliphatic carbocycles. The van der Waals surface area contributed by atoms with E-state index in [-0.39, 0.29) is 0 Å². The number of rotatable bonds is 6. The lowest BCUT2D eigenvalue weighted by Crippen LogP contribution is -2.18. The largest absolute Gasteiger partial charge is 0.382 e. The molecular weight excluding hydrogens is 232 g/mol. The summed E-state index contributed by atoms with van der Waals surface area (Å²) >= 11 is 5.90. The summed E-state index contributed by atoms with van der Waals surface area (Å²) in [4.78, 5) is 0. The van der Waals surface area contributed by atoms with Gasteiger partial charge in [0.25, 0.3) is 0 Å². The second-order valence-electron chi connectivity index (χ2n) is 4.20. The molecule has 1 rings (SSSR count). The zero-order chi connectivity index (χ0) is 12.7. The first-order chi connectivity index (χ1) is 8.21. The van der Waals surface area contributed by atoms with Crippen molar-refractivity contribution in [1.29, 1.82) is 5.26 Å². The van der Waals surface area contributed by atoms with Crippen LogP contribution in [0.3, 0.4) is 0 Å². The highest BCUT2D eigenvalue weighted by Crippen LogP contribution is 2.21. The lowest BCUT2D eigenvalue weighted by molar-refractivity contribution is 0.593. The molecule has 0 saturated heterocycles. The van der Waals surface area contributed by atoms with Crippen molar-refractivity contribution in [1.82, 2.24) is 0 Å². The number of nitrogens with one attached hydrogen (secondary N) is 1. The summed E-state index contributed by atoms with van der Waals surface area (Å²) in [6.45, 7) is 4.37. The fourth-order valence-corrected chi connectivity index (χ4v) is 1.93. The second-order valence-corrected chi connectivity index (χ2v) is 4.61. The smallest absolute Gasteiger partial charge is 0.101 e. The van der Waals surface area contributed by atoms with E-state index in [0.29, 0.717) is 16.6 Å². The van der Waals surface area contributed by atoms with E-state index in [4.69, 9.17) is 16.9 Å². The Kier molecular flexibility index (Phi) is 5.86. The maximum atomic E-state index is 8.91. The van der Waals surface area contributed by atoms with E-state index < -0.39 is 0 Å². The van der Waals surface area contributed by atoms with Gasteiger partial charge in [-0.25, -0.2) is 0 Å². The van der Waals surface area contributed by atoms with Gasteiger partial charge in [0.2, 0.25) is 0 Å². The van der Waals surface area contributed by atoms with Gasteiger partial charge < -0.3 is 5.32 Å². The van der Waals surface area contributed by atoms with Gasteiger partial charge >= 0.3 is 0 Å². The quantitative estimate of drug-likeness (QED) is 0.801. The van der Waals surface area contributed by atoms with Crippen molar-refractivity contribution in [2.75, 3.05) is 5.32 Å². The first-order valence-electron chi connectivity index (χ1n) is 6.17. The van der Waals surface area contributed by atoms with Gasteiger partial charge in [-0.3, -0.25) is 0 Å². The van der Waals surface area contributed by atoms with Gasteiger partial charge in [-0.15, -0.1) is 0 Å². The van der Waals surface area contributed by atoms with Crippen LogP contribution in [0.1, 0.15) is 45.1 Å². The van der Waals surface area contributed by atoms with Crippen molar-refractivity contribution in [2.24, 2.45) is 0 Å². The molecule has 3 heteroatoms. The molecule has 1 atom stereocenters. The molecule has 0 fully saturated rings. The Balaban J connectivity index is 2.70. The van der Waals surface area contributed by atoms with Gasteiger partial charge in [-0.05, 0) is 31.0 Å². The zero-order valence-electron chi connectivity index (χ0n) is 10.5. The van der Waals surface area contributed by atoms with Gasteiger partial charge in [0.1, 0.15) is 6.07 Å². The van der Waals surface area contributed by atoms with Gasteiger partial charge in [0, 0.05) is 11.7 Å². The number of unbranched alkanes of at least 4 members (excludes halogenated alkanes) is 1. The van der Waals surface area contributed by atoms with Gasteiger partial charge in [-0.1, -0.05) is 38.3 Å². The first-order valence-corrected chi connectivity index (χ1v) is 6.55. The first kappa shape index (κ1) is 13.9. The minimum absolute atomic E-state index is 0.475. The highest BCUT2D eigenvalue weighted by atomic mass is 35.5.